The van der Waals surface area contributed by atoms with Crippen LogP contribution in [0.3, 0.4) is 0 Å². The molecular weight excluding hydrogens is 589 g/mol. The number of allylic oxidation sites excluding steroid dienone is 3. The SMILES string of the molecule is CC1(C)CC(=O)C2=C(C1)N(c1nnc(SCC(=O)Nc3cccnc3Cl)s1)C(N)=C(C#N)C2c1cccc(Cl)c1. The molecule has 1 aliphatic heterocycles. The molecule has 9 nitrogen and oxygen atoms in total. The standard InChI is InChI=1S/C27H23Cl2N7O2S2/c1-27(2)10-18-22(19(37)11-27)21(14-5-3-6-15(28)9-14)16(12-30)24(31)36(18)25-34-35-26(40-25)39-13-20(38)33-17-7-4-8-32-23(17)29/h3-9,21H,10-11,13,31H2,1-2H3,(H,33,38). The first-order valence-electron chi connectivity index (χ1n) is 12.2. The van der Waals surface area contributed by atoms with Gasteiger partial charge in [0.25, 0.3) is 0 Å². The number of nitrogens with zero attached hydrogens (tertiary/aromatic N) is 5. The van der Waals surface area contributed by atoms with Gasteiger partial charge in [-0.1, -0.05) is 72.3 Å². The average Bonchev–Trinajstić information content (AvgIpc) is 3.36. The number of benzene rings is 1. The van der Waals surface area contributed by atoms with Crippen LogP contribution < -0.4 is 16.0 Å². The van der Waals surface area contributed by atoms with Gasteiger partial charge in [0, 0.05) is 28.9 Å². The Labute approximate surface area is 249 Å². The molecule has 0 saturated heterocycles. The Balaban J connectivity index is 1.47. The second kappa shape index (κ2) is 11.2. The van der Waals surface area contributed by atoms with Crippen LogP contribution in [0.2, 0.25) is 10.2 Å². The summed E-state index contributed by atoms with van der Waals surface area (Å²) in [6.07, 6.45) is 2.41. The van der Waals surface area contributed by atoms with Crippen LogP contribution in [0.25, 0.3) is 0 Å². The van der Waals surface area contributed by atoms with Crippen LogP contribution in [0.5, 0.6) is 0 Å². The number of hydrogen-bond donors (Lipinski definition) is 2. The normalized spacial score (nSPS) is 18.4. The molecule has 13 heteroatoms. The van der Waals surface area contributed by atoms with Gasteiger partial charge in [0.05, 0.1) is 29.0 Å². The molecular formula is C27H23Cl2N7O2S2. The molecule has 1 unspecified atom stereocenters. The van der Waals surface area contributed by atoms with Crippen molar-refractivity contribution in [2.75, 3.05) is 16.0 Å². The molecule has 5 rings (SSSR count). The minimum atomic E-state index is -0.636. The van der Waals surface area contributed by atoms with Crippen molar-refractivity contribution in [1.82, 2.24) is 15.2 Å². The van der Waals surface area contributed by atoms with Crippen LogP contribution in [-0.4, -0.2) is 32.6 Å². The summed E-state index contributed by atoms with van der Waals surface area (Å²) in [6, 6.07) is 12.7. The Bertz CT molecular complexity index is 1630. The van der Waals surface area contributed by atoms with Crippen molar-refractivity contribution in [3.8, 4) is 6.07 Å². The highest BCUT2D eigenvalue weighted by Crippen LogP contribution is 2.50. The lowest BCUT2D eigenvalue weighted by molar-refractivity contribution is -0.118. The molecule has 204 valence electrons. The second-order valence-electron chi connectivity index (χ2n) is 10.1. The number of hydrogen-bond acceptors (Lipinski definition) is 10. The highest BCUT2D eigenvalue weighted by atomic mass is 35.5. The molecule has 3 N–H and O–H groups in total. The number of nitriles is 1. The number of Topliss-reactive ketones (excluding diaryl/α,β-unsaturated/α-hetero) is 1. The number of nitrogens with one attached hydrogen (secondary N) is 1. The molecule has 40 heavy (non-hydrogen) atoms. The molecule has 2 aromatic heterocycles. The van der Waals surface area contributed by atoms with E-state index in [0.717, 1.165) is 5.56 Å². The predicted molar refractivity (Wildman–Crippen MR) is 157 cm³/mol. The van der Waals surface area contributed by atoms with Crippen molar-refractivity contribution >= 4 is 68.8 Å². The van der Waals surface area contributed by atoms with Gasteiger partial charge in [-0.2, -0.15) is 5.26 Å². The highest BCUT2D eigenvalue weighted by molar-refractivity contribution is 8.01. The van der Waals surface area contributed by atoms with E-state index in [4.69, 9.17) is 28.9 Å². The van der Waals surface area contributed by atoms with E-state index in [9.17, 15) is 14.9 Å². The second-order valence-corrected chi connectivity index (χ2v) is 13.0. The van der Waals surface area contributed by atoms with Crippen molar-refractivity contribution in [1.29, 1.82) is 5.26 Å². The number of ketones is 1. The molecule has 1 aliphatic carbocycles. The smallest absolute Gasteiger partial charge is 0.234 e. The first kappa shape index (κ1) is 28.1. The Kier molecular flexibility index (Phi) is 7.88. The zero-order chi connectivity index (χ0) is 28.6. The van der Waals surface area contributed by atoms with Crippen molar-refractivity contribution in [3.05, 3.63) is 81.0 Å². The van der Waals surface area contributed by atoms with Crippen LogP contribution in [0.4, 0.5) is 10.8 Å². The summed E-state index contributed by atoms with van der Waals surface area (Å²) in [4.78, 5) is 31.7. The van der Waals surface area contributed by atoms with Crippen LogP contribution in [0, 0.1) is 16.7 Å². The van der Waals surface area contributed by atoms with E-state index < -0.39 is 5.92 Å². The zero-order valence-electron chi connectivity index (χ0n) is 21.4. The lowest BCUT2D eigenvalue weighted by atomic mass is 9.69. The highest BCUT2D eigenvalue weighted by Gasteiger charge is 2.45. The number of thioether (sulfide) groups is 1. The Morgan fingerprint density at radius 2 is 2.08 bits per heavy atom. The van der Waals surface area contributed by atoms with Gasteiger partial charge >= 0.3 is 0 Å². The van der Waals surface area contributed by atoms with Crippen LogP contribution >= 0.6 is 46.3 Å². The number of nitrogens with two attached hydrogens (primary N) is 1. The summed E-state index contributed by atoms with van der Waals surface area (Å²) in [6.45, 7) is 4.05. The van der Waals surface area contributed by atoms with Crippen molar-refractivity contribution in [3.63, 3.8) is 0 Å². The van der Waals surface area contributed by atoms with E-state index in [1.807, 2.05) is 19.9 Å². The van der Waals surface area contributed by atoms with Gasteiger partial charge in [-0.25, -0.2) is 4.98 Å². The molecule has 1 atom stereocenters. The van der Waals surface area contributed by atoms with E-state index in [2.05, 4.69) is 26.6 Å². The molecule has 3 heterocycles. The average molecular weight is 613 g/mol. The third-order valence-corrected chi connectivity index (χ3v) is 9.09. The summed E-state index contributed by atoms with van der Waals surface area (Å²) in [5.74, 6) is -0.719. The number of amides is 1. The number of carbonyl (C=O) groups excluding carboxylic acids is 2. The quantitative estimate of drug-likeness (QED) is 0.257. The predicted octanol–water partition coefficient (Wildman–Crippen LogP) is 5.91. The number of pyridine rings is 1. The first-order valence-corrected chi connectivity index (χ1v) is 14.7. The van der Waals surface area contributed by atoms with Gasteiger partial charge in [0.2, 0.25) is 11.0 Å². The maximum atomic E-state index is 13.6. The minimum Gasteiger partial charge on any atom is -0.384 e. The fraction of sp³-hybridized carbons (Fsp3) is 0.259. The molecule has 0 fully saturated rings. The summed E-state index contributed by atoms with van der Waals surface area (Å²) >= 11 is 14.7. The molecule has 0 radical (unpaired) electrons. The monoisotopic (exact) mass is 611 g/mol. The summed E-state index contributed by atoms with van der Waals surface area (Å²) in [7, 11) is 0. The molecule has 0 saturated carbocycles. The van der Waals surface area contributed by atoms with Gasteiger partial charge in [-0.05, 0) is 41.7 Å². The number of halogens is 2. The Morgan fingerprint density at radius 1 is 1.27 bits per heavy atom. The lowest BCUT2D eigenvalue weighted by Gasteiger charge is -2.42. The fourth-order valence-electron chi connectivity index (χ4n) is 4.89. The Hall–Kier alpha value is -3.43. The molecule has 0 bridgehead atoms. The van der Waals surface area contributed by atoms with E-state index >= 15 is 0 Å². The van der Waals surface area contributed by atoms with Gasteiger partial charge < -0.3 is 11.1 Å². The topological polar surface area (TPSA) is 138 Å². The molecule has 2 aliphatic rings. The van der Waals surface area contributed by atoms with Crippen LogP contribution in [-0.2, 0) is 9.59 Å². The van der Waals surface area contributed by atoms with Crippen molar-refractivity contribution in [2.24, 2.45) is 11.1 Å². The zero-order valence-corrected chi connectivity index (χ0v) is 24.6. The number of rotatable bonds is 6. The summed E-state index contributed by atoms with van der Waals surface area (Å²) in [5, 5.41) is 22.6. The van der Waals surface area contributed by atoms with Crippen LogP contribution in [0.1, 0.15) is 38.2 Å². The summed E-state index contributed by atoms with van der Waals surface area (Å²) in [5.41, 5.74) is 8.92. The Morgan fingerprint density at radius 3 is 2.80 bits per heavy atom. The first-order chi connectivity index (χ1) is 19.1. The number of carbonyl (C=O) groups is 2. The minimum absolute atomic E-state index is 0.0497. The number of anilines is 2. The lowest BCUT2D eigenvalue weighted by Crippen LogP contribution is -2.42. The van der Waals surface area contributed by atoms with Crippen LogP contribution in [0.15, 0.2) is 69.6 Å². The molecule has 1 aromatic carbocycles. The van der Waals surface area contributed by atoms with Crippen molar-refractivity contribution < 1.29 is 9.59 Å². The number of aromatic nitrogens is 3. The molecule has 3 aromatic rings. The van der Waals surface area contributed by atoms with Gasteiger partial charge in [0.1, 0.15) is 5.82 Å². The van der Waals surface area contributed by atoms with Crippen molar-refractivity contribution in [2.45, 2.75) is 36.9 Å². The summed E-state index contributed by atoms with van der Waals surface area (Å²) < 4.78 is 0.522. The largest absolute Gasteiger partial charge is 0.384 e. The fourth-order valence-corrected chi connectivity index (χ4v) is 6.94. The molecule has 0 spiro atoms. The van der Waals surface area contributed by atoms with Gasteiger partial charge in [0.15, 0.2) is 15.3 Å². The van der Waals surface area contributed by atoms with E-state index in [1.54, 1.807) is 35.2 Å². The third kappa shape index (κ3) is 5.58. The molecule has 1 amide bonds. The van der Waals surface area contributed by atoms with E-state index in [0.29, 0.717) is 44.3 Å². The van der Waals surface area contributed by atoms with Gasteiger partial charge in [-0.3, -0.25) is 14.5 Å². The van der Waals surface area contributed by atoms with Gasteiger partial charge in [-0.15, -0.1) is 10.2 Å². The van der Waals surface area contributed by atoms with E-state index in [-0.39, 0.29) is 39.4 Å². The maximum Gasteiger partial charge on any atom is 0.234 e. The third-order valence-electron chi connectivity index (χ3n) is 6.51. The maximum absolute atomic E-state index is 13.6. The van der Waals surface area contributed by atoms with E-state index in [1.165, 1.54) is 29.3 Å².